The summed E-state index contributed by atoms with van der Waals surface area (Å²) in [7, 11) is 0. The van der Waals surface area contributed by atoms with Crippen molar-refractivity contribution in [2.24, 2.45) is 0 Å². The van der Waals surface area contributed by atoms with Crippen molar-refractivity contribution in [2.75, 3.05) is 31.1 Å². The number of rotatable bonds is 4. The number of hydrogen-bond acceptors (Lipinski definition) is 4. The van der Waals surface area contributed by atoms with Crippen molar-refractivity contribution in [3.63, 3.8) is 0 Å². The highest BCUT2D eigenvalue weighted by Gasteiger charge is 2.31. The fraction of sp³-hybridized carbons (Fsp3) is 0.778. The van der Waals surface area contributed by atoms with Crippen LogP contribution < -0.4 is 5.32 Å². The van der Waals surface area contributed by atoms with E-state index in [1.165, 1.54) is 4.90 Å². The van der Waals surface area contributed by atoms with Crippen LogP contribution in [-0.2, 0) is 9.59 Å². The van der Waals surface area contributed by atoms with Gasteiger partial charge in [-0.25, -0.2) is 4.79 Å². The summed E-state index contributed by atoms with van der Waals surface area (Å²) >= 11 is 1.58. The first-order valence-corrected chi connectivity index (χ1v) is 6.13. The number of carbonyl (C=O) groups is 2. The molecule has 1 fully saturated rings. The summed E-state index contributed by atoms with van der Waals surface area (Å²) in [5, 5.41) is 11.9. The lowest BCUT2D eigenvalue weighted by Gasteiger charge is -2.32. The summed E-state index contributed by atoms with van der Waals surface area (Å²) < 4.78 is 0. The van der Waals surface area contributed by atoms with E-state index in [2.05, 4.69) is 5.32 Å². The van der Waals surface area contributed by atoms with E-state index < -0.39 is 12.0 Å². The molecule has 0 saturated carbocycles. The summed E-state index contributed by atoms with van der Waals surface area (Å²) in [5.41, 5.74) is 0. The predicted octanol–water partition coefficient (Wildman–Crippen LogP) is -0.375. The minimum atomic E-state index is -0.910. The molecule has 1 atom stereocenters. The summed E-state index contributed by atoms with van der Waals surface area (Å²) in [5.74, 6) is 0.283. The molecular formula is C9H16N2O3S. The number of hydrogen-bond donors (Lipinski definition) is 2. The van der Waals surface area contributed by atoms with E-state index in [0.29, 0.717) is 18.8 Å². The topological polar surface area (TPSA) is 69.6 Å². The maximum Gasteiger partial charge on any atom is 0.327 e. The number of carboxylic acids is 1. The largest absolute Gasteiger partial charge is 0.480 e. The molecule has 6 heteroatoms. The molecule has 1 saturated heterocycles. The summed E-state index contributed by atoms with van der Waals surface area (Å²) in [6.07, 6.45) is 0. The van der Waals surface area contributed by atoms with Gasteiger partial charge in [-0.1, -0.05) is 6.92 Å². The van der Waals surface area contributed by atoms with Gasteiger partial charge in [0.25, 0.3) is 0 Å². The Morgan fingerprint density at radius 2 is 2.33 bits per heavy atom. The van der Waals surface area contributed by atoms with Gasteiger partial charge in [0.05, 0.1) is 6.54 Å². The van der Waals surface area contributed by atoms with E-state index in [9.17, 15) is 9.59 Å². The molecule has 0 aromatic heterocycles. The Bertz CT molecular complexity index is 248. The van der Waals surface area contributed by atoms with Gasteiger partial charge in [-0.05, 0) is 6.54 Å². The first-order chi connectivity index (χ1) is 7.16. The highest BCUT2D eigenvalue weighted by molar-refractivity contribution is 7.99. The molecule has 1 heterocycles. The number of thioether (sulfide) groups is 1. The Morgan fingerprint density at radius 3 is 2.93 bits per heavy atom. The van der Waals surface area contributed by atoms with Crippen molar-refractivity contribution in [3.05, 3.63) is 0 Å². The van der Waals surface area contributed by atoms with Gasteiger partial charge in [-0.3, -0.25) is 4.79 Å². The fourth-order valence-electron chi connectivity index (χ4n) is 1.44. The minimum absolute atomic E-state index is 0.121. The van der Waals surface area contributed by atoms with Crippen LogP contribution in [0.25, 0.3) is 0 Å². The van der Waals surface area contributed by atoms with Gasteiger partial charge in [0.1, 0.15) is 6.04 Å². The lowest BCUT2D eigenvalue weighted by molar-refractivity contribution is -0.148. The molecule has 1 unspecified atom stereocenters. The molecule has 15 heavy (non-hydrogen) atoms. The molecule has 5 nitrogen and oxygen atoms in total. The zero-order valence-corrected chi connectivity index (χ0v) is 9.55. The van der Waals surface area contributed by atoms with Crippen molar-refractivity contribution in [1.29, 1.82) is 0 Å². The summed E-state index contributed by atoms with van der Waals surface area (Å²) in [4.78, 5) is 24.0. The number of likely N-dealkylation sites (N-methyl/N-ethyl adjacent to an activating group) is 1. The van der Waals surface area contributed by atoms with Crippen LogP contribution >= 0.6 is 11.8 Å². The molecule has 0 bridgehead atoms. The van der Waals surface area contributed by atoms with Crippen LogP contribution in [0.2, 0.25) is 0 Å². The Labute approximate surface area is 93.2 Å². The molecule has 0 spiro atoms. The van der Waals surface area contributed by atoms with Gasteiger partial charge in [-0.2, -0.15) is 11.8 Å². The van der Waals surface area contributed by atoms with Gasteiger partial charge >= 0.3 is 5.97 Å². The first-order valence-electron chi connectivity index (χ1n) is 4.97. The second-order valence-corrected chi connectivity index (χ2v) is 4.45. The average Bonchev–Trinajstić information content (AvgIpc) is 2.25. The SMILES string of the molecule is CCNCC(=O)N1CCSCC1C(=O)O. The van der Waals surface area contributed by atoms with E-state index in [1.807, 2.05) is 6.92 Å². The summed E-state index contributed by atoms with van der Waals surface area (Å²) in [6.45, 7) is 3.39. The smallest absolute Gasteiger partial charge is 0.327 e. The van der Waals surface area contributed by atoms with Crippen LogP contribution in [0.3, 0.4) is 0 Å². The third kappa shape index (κ3) is 3.39. The zero-order valence-electron chi connectivity index (χ0n) is 8.73. The number of nitrogens with one attached hydrogen (secondary N) is 1. The highest BCUT2D eigenvalue weighted by Crippen LogP contribution is 2.16. The lowest BCUT2D eigenvalue weighted by atomic mass is 10.2. The number of aliphatic carboxylic acids is 1. The Kier molecular flexibility index (Phi) is 4.90. The van der Waals surface area contributed by atoms with Crippen LogP contribution in [0.15, 0.2) is 0 Å². The molecule has 86 valence electrons. The molecule has 0 radical (unpaired) electrons. The maximum atomic E-state index is 11.7. The van der Waals surface area contributed by atoms with Gasteiger partial charge in [0.2, 0.25) is 5.91 Å². The molecule has 0 aromatic rings. The van der Waals surface area contributed by atoms with E-state index in [1.54, 1.807) is 11.8 Å². The van der Waals surface area contributed by atoms with Crippen LogP contribution in [0, 0.1) is 0 Å². The normalized spacial score (nSPS) is 21.4. The number of carbonyl (C=O) groups excluding carboxylic acids is 1. The van der Waals surface area contributed by atoms with Crippen LogP contribution in [0.4, 0.5) is 0 Å². The van der Waals surface area contributed by atoms with Gasteiger partial charge in [0.15, 0.2) is 0 Å². The van der Waals surface area contributed by atoms with Crippen molar-refractivity contribution in [3.8, 4) is 0 Å². The van der Waals surface area contributed by atoms with Crippen molar-refractivity contribution < 1.29 is 14.7 Å². The molecule has 0 aliphatic carbocycles. The second-order valence-electron chi connectivity index (χ2n) is 3.30. The van der Waals surface area contributed by atoms with Gasteiger partial charge in [0, 0.05) is 18.1 Å². The summed E-state index contributed by atoms with van der Waals surface area (Å²) in [6, 6.07) is -0.657. The third-order valence-corrected chi connectivity index (χ3v) is 3.28. The molecule has 1 amide bonds. The zero-order chi connectivity index (χ0) is 11.3. The minimum Gasteiger partial charge on any atom is -0.480 e. The quantitative estimate of drug-likeness (QED) is 0.692. The van der Waals surface area contributed by atoms with E-state index >= 15 is 0 Å². The van der Waals surface area contributed by atoms with Crippen molar-refractivity contribution >= 4 is 23.6 Å². The number of amides is 1. The fourth-order valence-corrected chi connectivity index (χ4v) is 2.48. The van der Waals surface area contributed by atoms with E-state index in [4.69, 9.17) is 5.11 Å². The third-order valence-electron chi connectivity index (χ3n) is 2.26. The van der Waals surface area contributed by atoms with Crippen LogP contribution in [-0.4, -0.2) is 59.1 Å². The van der Waals surface area contributed by atoms with Gasteiger partial charge in [-0.15, -0.1) is 0 Å². The van der Waals surface area contributed by atoms with Crippen molar-refractivity contribution in [1.82, 2.24) is 10.2 Å². The monoisotopic (exact) mass is 232 g/mol. The Morgan fingerprint density at radius 1 is 1.60 bits per heavy atom. The molecular weight excluding hydrogens is 216 g/mol. The molecule has 0 aromatic carbocycles. The predicted molar refractivity (Wildman–Crippen MR) is 59.0 cm³/mol. The first kappa shape index (κ1) is 12.3. The van der Waals surface area contributed by atoms with E-state index in [0.717, 1.165) is 5.75 Å². The van der Waals surface area contributed by atoms with Crippen LogP contribution in [0.1, 0.15) is 6.92 Å². The second kappa shape index (κ2) is 5.97. The standard InChI is InChI=1S/C9H16N2O3S/c1-2-10-5-8(12)11-3-4-15-6-7(11)9(13)14/h7,10H,2-6H2,1H3,(H,13,14). The molecule has 2 N–H and O–H groups in total. The Hall–Kier alpha value is -0.750. The molecule has 1 rings (SSSR count). The van der Waals surface area contributed by atoms with Crippen molar-refractivity contribution in [2.45, 2.75) is 13.0 Å². The van der Waals surface area contributed by atoms with Crippen LogP contribution in [0.5, 0.6) is 0 Å². The number of nitrogens with zero attached hydrogens (tertiary/aromatic N) is 1. The highest BCUT2D eigenvalue weighted by atomic mass is 32.2. The maximum absolute atomic E-state index is 11.7. The van der Waals surface area contributed by atoms with E-state index in [-0.39, 0.29) is 12.5 Å². The number of carboxylic acid groups (broad SMARTS) is 1. The molecule has 1 aliphatic heterocycles. The molecule has 1 aliphatic rings. The average molecular weight is 232 g/mol. The Balaban J connectivity index is 2.55. The lowest BCUT2D eigenvalue weighted by Crippen LogP contribution is -2.52. The van der Waals surface area contributed by atoms with Gasteiger partial charge < -0.3 is 15.3 Å².